The lowest BCUT2D eigenvalue weighted by atomic mass is 10.3. The molecule has 0 bridgehead atoms. The van der Waals surface area contributed by atoms with Crippen molar-refractivity contribution in [2.75, 3.05) is 19.0 Å². The van der Waals surface area contributed by atoms with Gasteiger partial charge in [-0.15, -0.1) is 6.58 Å². The van der Waals surface area contributed by atoms with Crippen LogP contribution in [0.15, 0.2) is 35.3 Å². The number of rotatable bonds is 4. The Morgan fingerprint density at radius 1 is 1.62 bits per heavy atom. The third kappa shape index (κ3) is 3.58. The number of carbonyl (C=O) groups is 1. The minimum absolute atomic E-state index is 0.283. The normalized spacial score (nSPS) is 9.38. The summed E-state index contributed by atoms with van der Waals surface area (Å²) in [5.41, 5.74) is 0.654. The molecule has 0 aliphatic carbocycles. The summed E-state index contributed by atoms with van der Waals surface area (Å²) in [4.78, 5) is 11.4. The van der Waals surface area contributed by atoms with Gasteiger partial charge in [-0.25, -0.2) is 4.79 Å². The minimum atomic E-state index is -0.283. The molecule has 0 unspecified atom stereocenters. The summed E-state index contributed by atoms with van der Waals surface area (Å²) in [6.45, 7) is 3.94. The molecule has 0 heterocycles. The minimum Gasteiger partial charge on any atom is -0.497 e. The van der Waals surface area contributed by atoms with Crippen molar-refractivity contribution in [3.63, 3.8) is 0 Å². The molecule has 0 fully saturated rings. The zero-order valence-electron chi connectivity index (χ0n) is 8.92. The topological polar surface area (TPSA) is 50.4 Å². The molecular formula is C11H13BrN2O2. The highest BCUT2D eigenvalue weighted by molar-refractivity contribution is 9.10. The lowest BCUT2D eigenvalue weighted by Gasteiger charge is -2.09. The highest BCUT2D eigenvalue weighted by Crippen LogP contribution is 2.26. The third-order valence-electron chi connectivity index (χ3n) is 1.83. The Balaban J connectivity index is 2.71. The van der Waals surface area contributed by atoms with Crippen molar-refractivity contribution in [2.45, 2.75) is 0 Å². The third-order valence-corrected chi connectivity index (χ3v) is 2.52. The average molecular weight is 285 g/mol. The van der Waals surface area contributed by atoms with Gasteiger partial charge in [0.25, 0.3) is 0 Å². The van der Waals surface area contributed by atoms with E-state index in [0.29, 0.717) is 18.0 Å². The van der Waals surface area contributed by atoms with Crippen molar-refractivity contribution in [1.82, 2.24) is 5.32 Å². The van der Waals surface area contributed by atoms with E-state index in [9.17, 15) is 4.79 Å². The Hall–Kier alpha value is -1.49. The number of hydrogen-bond donors (Lipinski definition) is 2. The Morgan fingerprint density at radius 3 is 3.00 bits per heavy atom. The molecule has 5 heteroatoms. The van der Waals surface area contributed by atoms with Crippen LogP contribution in [0, 0.1) is 0 Å². The van der Waals surface area contributed by atoms with Gasteiger partial charge in [0, 0.05) is 17.1 Å². The number of methoxy groups -OCH3 is 1. The second-order valence-electron chi connectivity index (χ2n) is 2.97. The van der Waals surface area contributed by atoms with Crippen molar-refractivity contribution in [3.8, 4) is 5.75 Å². The van der Waals surface area contributed by atoms with Crippen molar-refractivity contribution in [1.29, 1.82) is 0 Å². The fourth-order valence-corrected chi connectivity index (χ4v) is 1.40. The van der Waals surface area contributed by atoms with Crippen LogP contribution < -0.4 is 15.4 Å². The smallest absolute Gasteiger partial charge is 0.319 e. The first-order valence-electron chi connectivity index (χ1n) is 4.66. The molecule has 2 amide bonds. The molecule has 0 saturated carbocycles. The molecule has 16 heavy (non-hydrogen) atoms. The van der Waals surface area contributed by atoms with Gasteiger partial charge in [-0.2, -0.15) is 0 Å². The molecule has 86 valence electrons. The maximum atomic E-state index is 11.4. The number of carbonyl (C=O) groups excluding carboxylic acids is 1. The highest BCUT2D eigenvalue weighted by Gasteiger charge is 2.05. The number of ether oxygens (including phenoxy) is 1. The van der Waals surface area contributed by atoms with Gasteiger partial charge < -0.3 is 15.4 Å². The van der Waals surface area contributed by atoms with Gasteiger partial charge in [0.15, 0.2) is 0 Å². The van der Waals surface area contributed by atoms with Crippen molar-refractivity contribution >= 4 is 27.6 Å². The summed E-state index contributed by atoms with van der Waals surface area (Å²) in [7, 11) is 1.57. The van der Waals surface area contributed by atoms with E-state index in [4.69, 9.17) is 4.74 Å². The fraction of sp³-hybridized carbons (Fsp3) is 0.182. The molecule has 0 aliphatic rings. The molecule has 1 rings (SSSR count). The molecule has 0 radical (unpaired) electrons. The van der Waals surface area contributed by atoms with Gasteiger partial charge in [0.2, 0.25) is 0 Å². The molecule has 1 aromatic rings. The number of nitrogens with one attached hydrogen (secondary N) is 2. The standard InChI is InChI=1S/C11H13BrN2O2/c1-3-6-13-11(15)14-10-7-8(16-2)4-5-9(10)12/h3-5,7H,1,6H2,2H3,(H2,13,14,15). The van der Waals surface area contributed by atoms with E-state index >= 15 is 0 Å². The monoisotopic (exact) mass is 284 g/mol. The lowest BCUT2D eigenvalue weighted by Crippen LogP contribution is -2.28. The van der Waals surface area contributed by atoms with Crippen LogP contribution in [-0.4, -0.2) is 19.7 Å². The van der Waals surface area contributed by atoms with Crippen LogP contribution in [0.1, 0.15) is 0 Å². The Kier molecular flexibility index (Phi) is 4.85. The van der Waals surface area contributed by atoms with E-state index in [2.05, 4.69) is 33.1 Å². The number of halogens is 1. The largest absolute Gasteiger partial charge is 0.497 e. The second kappa shape index (κ2) is 6.17. The van der Waals surface area contributed by atoms with E-state index in [1.807, 2.05) is 6.07 Å². The predicted octanol–water partition coefficient (Wildman–Crippen LogP) is 2.77. The molecule has 4 nitrogen and oxygen atoms in total. The maximum Gasteiger partial charge on any atom is 0.319 e. The Morgan fingerprint density at radius 2 is 2.38 bits per heavy atom. The summed E-state index contributed by atoms with van der Waals surface area (Å²) in [6, 6.07) is 5.06. The summed E-state index contributed by atoms with van der Waals surface area (Å²) < 4.78 is 5.86. The summed E-state index contributed by atoms with van der Waals surface area (Å²) in [5.74, 6) is 0.683. The first-order valence-corrected chi connectivity index (χ1v) is 5.46. The maximum absolute atomic E-state index is 11.4. The van der Waals surface area contributed by atoms with E-state index in [0.717, 1.165) is 4.47 Å². The van der Waals surface area contributed by atoms with Crippen LogP contribution >= 0.6 is 15.9 Å². The van der Waals surface area contributed by atoms with Crippen LogP contribution in [0.5, 0.6) is 5.75 Å². The number of anilines is 1. The summed E-state index contributed by atoms with van der Waals surface area (Å²) in [6.07, 6.45) is 1.61. The first-order chi connectivity index (χ1) is 7.67. The van der Waals surface area contributed by atoms with Gasteiger partial charge in [-0.05, 0) is 28.1 Å². The van der Waals surface area contributed by atoms with Gasteiger partial charge >= 0.3 is 6.03 Å². The zero-order chi connectivity index (χ0) is 12.0. The van der Waals surface area contributed by atoms with Crippen molar-refractivity contribution < 1.29 is 9.53 Å². The van der Waals surface area contributed by atoms with Gasteiger partial charge in [-0.3, -0.25) is 0 Å². The SMILES string of the molecule is C=CCNC(=O)Nc1cc(OC)ccc1Br. The number of urea groups is 1. The van der Waals surface area contributed by atoms with E-state index < -0.39 is 0 Å². The van der Waals surface area contributed by atoms with Crippen LogP contribution in [0.2, 0.25) is 0 Å². The predicted molar refractivity (Wildman–Crippen MR) is 67.9 cm³/mol. The first kappa shape index (κ1) is 12.6. The molecule has 0 spiro atoms. The van der Waals surface area contributed by atoms with E-state index in [1.165, 1.54) is 0 Å². The molecule has 1 aromatic carbocycles. The number of amides is 2. The van der Waals surface area contributed by atoms with Crippen molar-refractivity contribution in [2.24, 2.45) is 0 Å². The average Bonchev–Trinajstić information content (AvgIpc) is 2.29. The summed E-state index contributed by atoms with van der Waals surface area (Å²) in [5, 5.41) is 5.31. The second-order valence-corrected chi connectivity index (χ2v) is 3.82. The molecule has 0 aromatic heterocycles. The van der Waals surface area contributed by atoms with Gasteiger partial charge in [-0.1, -0.05) is 6.08 Å². The van der Waals surface area contributed by atoms with E-state index in [1.54, 1.807) is 25.3 Å². The zero-order valence-corrected chi connectivity index (χ0v) is 10.5. The van der Waals surface area contributed by atoms with Crippen LogP contribution in [0.4, 0.5) is 10.5 Å². The Labute approximate surface area is 103 Å². The molecule has 0 saturated heterocycles. The molecular weight excluding hydrogens is 272 g/mol. The van der Waals surface area contributed by atoms with Crippen LogP contribution in [-0.2, 0) is 0 Å². The molecule has 0 aliphatic heterocycles. The lowest BCUT2D eigenvalue weighted by molar-refractivity contribution is 0.253. The van der Waals surface area contributed by atoms with Crippen LogP contribution in [0.3, 0.4) is 0 Å². The molecule has 0 atom stereocenters. The van der Waals surface area contributed by atoms with E-state index in [-0.39, 0.29) is 6.03 Å². The fourth-order valence-electron chi connectivity index (χ4n) is 1.06. The highest BCUT2D eigenvalue weighted by atomic mass is 79.9. The number of benzene rings is 1. The quantitative estimate of drug-likeness (QED) is 0.836. The van der Waals surface area contributed by atoms with Gasteiger partial charge in [0.05, 0.1) is 12.8 Å². The Bertz CT molecular complexity index is 394. The summed E-state index contributed by atoms with van der Waals surface area (Å²) >= 11 is 3.34. The van der Waals surface area contributed by atoms with Crippen LogP contribution in [0.25, 0.3) is 0 Å². The van der Waals surface area contributed by atoms with Gasteiger partial charge in [0.1, 0.15) is 5.75 Å². The molecule has 2 N–H and O–H groups in total. The number of hydrogen-bond acceptors (Lipinski definition) is 2. The van der Waals surface area contributed by atoms with Crippen molar-refractivity contribution in [3.05, 3.63) is 35.3 Å².